The van der Waals surface area contributed by atoms with E-state index in [0.29, 0.717) is 18.9 Å². The molecule has 0 radical (unpaired) electrons. The minimum Gasteiger partial charge on any atom is -0.492 e. The van der Waals surface area contributed by atoms with E-state index in [1.165, 1.54) is 12.1 Å². The van der Waals surface area contributed by atoms with Gasteiger partial charge in [0.2, 0.25) is 5.91 Å². The molecule has 2 aromatic carbocycles. The Hall–Kier alpha value is -1.88. The molecule has 3 rings (SSSR count). The van der Waals surface area contributed by atoms with Crippen molar-refractivity contribution in [3.05, 3.63) is 64.4 Å². The van der Waals surface area contributed by atoms with Crippen molar-refractivity contribution in [1.82, 2.24) is 5.32 Å². The van der Waals surface area contributed by atoms with E-state index in [1.807, 2.05) is 24.3 Å². The zero-order valence-corrected chi connectivity index (χ0v) is 14.1. The van der Waals surface area contributed by atoms with Gasteiger partial charge in [-0.25, -0.2) is 4.39 Å². The predicted octanol–water partition coefficient (Wildman–Crippen LogP) is 3.82. The lowest BCUT2D eigenvalue weighted by Gasteiger charge is -2.16. The first-order valence-electron chi connectivity index (χ1n) is 7.53. The summed E-state index contributed by atoms with van der Waals surface area (Å²) >= 11 is 3.40. The first-order valence-corrected chi connectivity index (χ1v) is 8.32. The Morgan fingerprint density at radius 1 is 1.22 bits per heavy atom. The number of hydrogen-bond donors (Lipinski definition) is 1. The van der Waals surface area contributed by atoms with E-state index in [9.17, 15) is 9.18 Å². The lowest BCUT2D eigenvalue weighted by atomic mass is 9.95. The summed E-state index contributed by atoms with van der Waals surface area (Å²) in [4.78, 5) is 12.4. The van der Waals surface area contributed by atoms with Crippen molar-refractivity contribution in [2.45, 2.75) is 18.3 Å². The van der Waals surface area contributed by atoms with E-state index < -0.39 is 0 Å². The summed E-state index contributed by atoms with van der Waals surface area (Å²) in [6, 6.07) is 13.9. The maximum Gasteiger partial charge on any atom is 0.230 e. The van der Waals surface area contributed by atoms with Gasteiger partial charge in [0.1, 0.15) is 18.2 Å². The van der Waals surface area contributed by atoms with Gasteiger partial charge in [0.25, 0.3) is 0 Å². The second-order valence-electron chi connectivity index (χ2n) is 5.65. The molecule has 0 atom stereocenters. The molecule has 2 aromatic rings. The number of amides is 1. The molecule has 3 nitrogen and oxygen atoms in total. The van der Waals surface area contributed by atoms with Gasteiger partial charge in [-0.2, -0.15) is 0 Å². The van der Waals surface area contributed by atoms with Gasteiger partial charge < -0.3 is 10.1 Å². The maximum atomic E-state index is 13.0. The number of ether oxygens (including phenoxy) is 1. The number of nitrogens with one attached hydrogen (secondary N) is 1. The molecule has 1 aliphatic carbocycles. The lowest BCUT2D eigenvalue weighted by Crippen LogP contribution is -2.37. The topological polar surface area (TPSA) is 38.3 Å². The van der Waals surface area contributed by atoms with Crippen LogP contribution in [0.4, 0.5) is 4.39 Å². The quantitative estimate of drug-likeness (QED) is 0.777. The first kappa shape index (κ1) is 16.0. The van der Waals surface area contributed by atoms with Crippen molar-refractivity contribution in [3.63, 3.8) is 0 Å². The molecule has 0 saturated heterocycles. The summed E-state index contributed by atoms with van der Waals surface area (Å²) < 4.78 is 19.5. The Balaban J connectivity index is 1.50. The van der Waals surface area contributed by atoms with Crippen molar-refractivity contribution in [1.29, 1.82) is 0 Å². The van der Waals surface area contributed by atoms with E-state index in [-0.39, 0.29) is 17.1 Å². The standard InChI is InChI=1S/C18H17BrFNO2/c19-14-6-4-13(5-7-14)18(8-9-18)17(22)21-10-11-23-16-3-1-2-15(20)12-16/h1-7,12H,8-11H2,(H,21,22). The molecule has 23 heavy (non-hydrogen) atoms. The highest BCUT2D eigenvalue weighted by molar-refractivity contribution is 9.10. The highest BCUT2D eigenvalue weighted by Crippen LogP contribution is 2.48. The summed E-state index contributed by atoms with van der Waals surface area (Å²) in [5.74, 6) is 0.162. The highest BCUT2D eigenvalue weighted by Gasteiger charge is 2.50. The zero-order chi connectivity index (χ0) is 16.3. The number of carbonyl (C=O) groups excluding carboxylic acids is 1. The van der Waals surface area contributed by atoms with Crippen LogP contribution >= 0.6 is 15.9 Å². The Bertz CT molecular complexity index is 698. The zero-order valence-electron chi connectivity index (χ0n) is 12.5. The molecule has 1 fully saturated rings. The SMILES string of the molecule is O=C(NCCOc1cccc(F)c1)C1(c2ccc(Br)cc2)CC1. The van der Waals surface area contributed by atoms with Crippen LogP contribution in [0, 0.1) is 5.82 Å². The number of halogens is 2. The van der Waals surface area contributed by atoms with Crippen molar-refractivity contribution >= 4 is 21.8 Å². The Kier molecular flexibility index (Phi) is 4.66. The lowest BCUT2D eigenvalue weighted by molar-refractivity contribution is -0.123. The largest absolute Gasteiger partial charge is 0.492 e. The van der Waals surface area contributed by atoms with Crippen molar-refractivity contribution < 1.29 is 13.9 Å². The molecule has 1 aliphatic rings. The molecule has 1 N–H and O–H groups in total. The fourth-order valence-corrected chi connectivity index (χ4v) is 2.86. The van der Waals surface area contributed by atoms with Crippen molar-refractivity contribution in [2.75, 3.05) is 13.2 Å². The van der Waals surface area contributed by atoms with Crippen LogP contribution < -0.4 is 10.1 Å². The third-order valence-corrected chi connectivity index (χ3v) is 4.56. The molecule has 0 spiro atoms. The smallest absolute Gasteiger partial charge is 0.230 e. The number of benzene rings is 2. The Labute approximate surface area is 143 Å². The van der Waals surface area contributed by atoms with Gasteiger partial charge in [-0.3, -0.25) is 4.79 Å². The average Bonchev–Trinajstić information content (AvgIpc) is 3.34. The molecular formula is C18H17BrFNO2. The molecule has 1 saturated carbocycles. The molecule has 120 valence electrons. The molecular weight excluding hydrogens is 361 g/mol. The third-order valence-electron chi connectivity index (χ3n) is 4.03. The summed E-state index contributed by atoms with van der Waals surface area (Å²) in [6.45, 7) is 0.708. The van der Waals surface area contributed by atoms with Crippen molar-refractivity contribution in [2.24, 2.45) is 0 Å². The fraction of sp³-hybridized carbons (Fsp3) is 0.278. The second-order valence-corrected chi connectivity index (χ2v) is 6.57. The molecule has 0 bridgehead atoms. The van der Waals surface area contributed by atoms with Crippen LogP contribution in [0.1, 0.15) is 18.4 Å². The number of carbonyl (C=O) groups is 1. The minimum atomic E-state index is -0.389. The average molecular weight is 378 g/mol. The van der Waals surface area contributed by atoms with Gasteiger partial charge in [0.15, 0.2) is 0 Å². The number of rotatable bonds is 6. The van der Waals surface area contributed by atoms with Gasteiger partial charge in [-0.1, -0.05) is 34.1 Å². The van der Waals surface area contributed by atoms with Crippen molar-refractivity contribution in [3.8, 4) is 5.75 Å². The first-order chi connectivity index (χ1) is 11.1. The summed E-state index contributed by atoms with van der Waals surface area (Å²) in [5, 5.41) is 2.91. The summed E-state index contributed by atoms with van der Waals surface area (Å²) in [5.41, 5.74) is 0.656. The number of hydrogen-bond acceptors (Lipinski definition) is 2. The van der Waals surface area contributed by atoms with Crippen LogP contribution in [0.15, 0.2) is 53.0 Å². The van der Waals surface area contributed by atoms with Gasteiger partial charge in [-0.15, -0.1) is 0 Å². The maximum absolute atomic E-state index is 13.0. The molecule has 1 amide bonds. The van der Waals surface area contributed by atoms with Gasteiger partial charge in [0.05, 0.1) is 12.0 Å². The normalized spacial score (nSPS) is 15.0. The summed E-state index contributed by atoms with van der Waals surface area (Å²) in [7, 11) is 0. The van der Waals surface area contributed by atoms with E-state index in [0.717, 1.165) is 22.9 Å². The Morgan fingerprint density at radius 2 is 1.96 bits per heavy atom. The van der Waals surface area contributed by atoms with Crippen LogP contribution in [-0.4, -0.2) is 19.1 Å². The van der Waals surface area contributed by atoms with Gasteiger partial charge >= 0.3 is 0 Å². The van der Waals surface area contributed by atoms with E-state index in [2.05, 4.69) is 21.2 Å². The summed E-state index contributed by atoms with van der Waals surface area (Å²) in [6.07, 6.45) is 1.73. The second kappa shape index (κ2) is 6.71. The molecule has 0 aromatic heterocycles. The fourth-order valence-electron chi connectivity index (χ4n) is 2.60. The Morgan fingerprint density at radius 3 is 2.61 bits per heavy atom. The minimum absolute atomic E-state index is 0.0302. The van der Waals surface area contributed by atoms with Crippen LogP contribution in [0.5, 0.6) is 5.75 Å². The molecule has 0 heterocycles. The molecule has 5 heteroatoms. The van der Waals surface area contributed by atoms with Crippen LogP contribution in [-0.2, 0) is 10.2 Å². The van der Waals surface area contributed by atoms with Crippen LogP contribution in [0.3, 0.4) is 0 Å². The van der Waals surface area contributed by atoms with Gasteiger partial charge in [0, 0.05) is 10.5 Å². The highest BCUT2D eigenvalue weighted by atomic mass is 79.9. The van der Waals surface area contributed by atoms with E-state index in [1.54, 1.807) is 12.1 Å². The monoisotopic (exact) mass is 377 g/mol. The van der Waals surface area contributed by atoms with Crippen LogP contribution in [0.2, 0.25) is 0 Å². The van der Waals surface area contributed by atoms with Crippen LogP contribution in [0.25, 0.3) is 0 Å². The molecule has 0 aliphatic heterocycles. The molecule has 0 unspecified atom stereocenters. The van der Waals surface area contributed by atoms with Gasteiger partial charge in [-0.05, 0) is 42.7 Å². The van der Waals surface area contributed by atoms with E-state index >= 15 is 0 Å². The third kappa shape index (κ3) is 3.72. The predicted molar refractivity (Wildman–Crippen MR) is 90.0 cm³/mol. The van der Waals surface area contributed by atoms with E-state index in [4.69, 9.17) is 4.74 Å².